The molecule has 2 atom stereocenters. The van der Waals surface area contributed by atoms with Crippen LogP contribution in [0.5, 0.6) is 5.75 Å². The predicted molar refractivity (Wildman–Crippen MR) is 79.3 cm³/mol. The zero-order valence-corrected chi connectivity index (χ0v) is 12.3. The van der Waals surface area contributed by atoms with Crippen LogP contribution in [0.25, 0.3) is 0 Å². The number of hydrogen-bond donors (Lipinski definition) is 0. The summed E-state index contributed by atoms with van der Waals surface area (Å²) in [5, 5.41) is 0.444. The number of alkyl halides is 1. The van der Waals surface area contributed by atoms with Crippen LogP contribution < -0.4 is 4.74 Å². The lowest BCUT2D eigenvalue weighted by molar-refractivity contribution is 0.407. The summed E-state index contributed by atoms with van der Waals surface area (Å²) in [5.74, 6) is 0.891. The lowest BCUT2D eigenvalue weighted by Gasteiger charge is -2.21. The van der Waals surface area contributed by atoms with Crippen molar-refractivity contribution < 1.29 is 4.74 Å². The van der Waals surface area contributed by atoms with Gasteiger partial charge in [0, 0.05) is 28.9 Å². The van der Waals surface area contributed by atoms with Crippen molar-refractivity contribution in [2.45, 2.75) is 18.2 Å². The Morgan fingerprint density at radius 2 is 1.84 bits per heavy atom. The van der Waals surface area contributed by atoms with Crippen molar-refractivity contribution >= 4 is 23.2 Å². The molecule has 0 aliphatic carbocycles. The number of pyridine rings is 1. The number of rotatable bonds is 4. The number of halogens is 2. The van der Waals surface area contributed by atoms with Gasteiger partial charge in [-0.2, -0.15) is 0 Å². The van der Waals surface area contributed by atoms with Crippen LogP contribution in [0.1, 0.15) is 29.3 Å². The van der Waals surface area contributed by atoms with Gasteiger partial charge in [-0.1, -0.05) is 18.5 Å². The van der Waals surface area contributed by atoms with Crippen molar-refractivity contribution in [2.24, 2.45) is 0 Å². The Labute approximate surface area is 123 Å². The van der Waals surface area contributed by atoms with E-state index in [0.717, 1.165) is 16.9 Å². The molecular formula is C15H15Cl2NO. The highest BCUT2D eigenvalue weighted by Gasteiger charge is 2.22. The van der Waals surface area contributed by atoms with E-state index < -0.39 is 0 Å². The number of nitrogens with zero attached hydrogens (tertiary/aromatic N) is 1. The summed E-state index contributed by atoms with van der Waals surface area (Å²) in [7, 11) is 1.63. The molecule has 2 rings (SSSR count). The van der Waals surface area contributed by atoms with Gasteiger partial charge in [-0.15, -0.1) is 11.6 Å². The standard InChI is InChI=1S/C15H15Cl2NO/c1-10(11-5-7-18-8-6-11)15(17)13-9-12(16)3-4-14(13)19-2/h3-10,15H,1-2H3. The maximum absolute atomic E-state index is 6.59. The first kappa shape index (κ1) is 14.2. The third-order valence-electron chi connectivity index (χ3n) is 3.16. The Morgan fingerprint density at radius 1 is 1.16 bits per heavy atom. The molecule has 0 spiro atoms. The predicted octanol–water partition coefficient (Wildman–Crippen LogP) is 4.83. The minimum atomic E-state index is -0.212. The van der Waals surface area contributed by atoms with Crippen molar-refractivity contribution in [2.75, 3.05) is 7.11 Å². The van der Waals surface area contributed by atoms with Crippen molar-refractivity contribution in [1.29, 1.82) is 0 Å². The summed E-state index contributed by atoms with van der Waals surface area (Å²) >= 11 is 12.6. The molecule has 0 saturated heterocycles. The molecule has 0 aliphatic rings. The van der Waals surface area contributed by atoms with Gasteiger partial charge in [-0.25, -0.2) is 0 Å². The van der Waals surface area contributed by atoms with E-state index in [-0.39, 0.29) is 11.3 Å². The monoisotopic (exact) mass is 295 g/mol. The fourth-order valence-corrected chi connectivity index (χ4v) is 2.52. The van der Waals surface area contributed by atoms with Gasteiger partial charge in [-0.3, -0.25) is 4.98 Å². The topological polar surface area (TPSA) is 22.1 Å². The number of benzene rings is 1. The molecule has 1 aromatic carbocycles. The van der Waals surface area contributed by atoms with Gasteiger partial charge in [0.15, 0.2) is 0 Å². The molecule has 2 unspecified atom stereocenters. The van der Waals surface area contributed by atoms with E-state index in [1.807, 2.05) is 24.3 Å². The van der Waals surface area contributed by atoms with Crippen LogP contribution in [-0.4, -0.2) is 12.1 Å². The van der Waals surface area contributed by atoms with Crippen molar-refractivity contribution in [3.05, 3.63) is 58.9 Å². The molecule has 2 nitrogen and oxygen atoms in total. The van der Waals surface area contributed by atoms with Gasteiger partial charge in [-0.05, 0) is 35.9 Å². The summed E-state index contributed by atoms with van der Waals surface area (Å²) in [4.78, 5) is 4.02. The van der Waals surface area contributed by atoms with Gasteiger partial charge < -0.3 is 4.74 Å². The Kier molecular flexibility index (Phi) is 4.67. The second kappa shape index (κ2) is 6.27. The third kappa shape index (κ3) is 3.20. The minimum absolute atomic E-state index is 0.136. The van der Waals surface area contributed by atoms with Crippen LogP contribution in [0.2, 0.25) is 5.02 Å². The molecule has 19 heavy (non-hydrogen) atoms. The van der Waals surface area contributed by atoms with Gasteiger partial charge in [0.25, 0.3) is 0 Å². The SMILES string of the molecule is COc1ccc(Cl)cc1C(Cl)C(C)c1ccncc1. The minimum Gasteiger partial charge on any atom is -0.496 e. The molecule has 0 fully saturated rings. The van der Waals surface area contributed by atoms with Crippen molar-refractivity contribution in [3.63, 3.8) is 0 Å². The van der Waals surface area contributed by atoms with Gasteiger partial charge in [0.1, 0.15) is 5.75 Å². The average Bonchev–Trinajstić information content (AvgIpc) is 2.46. The Hall–Kier alpha value is -1.25. The van der Waals surface area contributed by atoms with E-state index >= 15 is 0 Å². The fraction of sp³-hybridized carbons (Fsp3) is 0.267. The molecule has 100 valence electrons. The first-order valence-corrected chi connectivity index (χ1v) is 6.82. The van der Waals surface area contributed by atoms with Gasteiger partial charge in [0.05, 0.1) is 12.5 Å². The Bertz CT molecular complexity index is 545. The fourth-order valence-electron chi connectivity index (χ4n) is 2.03. The van der Waals surface area contributed by atoms with Crippen LogP contribution in [0, 0.1) is 0 Å². The first-order chi connectivity index (χ1) is 9.13. The molecular weight excluding hydrogens is 281 g/mol. The Balaban J connectivity index is 2.33. The Morgan fingerprint density at radius 3 is 2.47 bits per heavy atom. The zero-order valence-electron chi connectivity index (χ0n) is 10.8. The molecule has 0 radical (unpaired) electrons. The van der Waals surface area contributed by atoms with E-state index in [9.17, 15) is 0 Å². The summed E-state index contributed by atoms with van der Waals surface area (Å²) in [5.41, 5.74) is 2.04. The summed E-state index contributed by atoms with van der Waals surface area (Å²) in [6.07, 6.45) is 3.54. The van der Waals surface area contributed by atoms with Gasteiger partial charge in [0.2, 0.25) is 0 Å². The molecule has 0 saturated carbocycles. The zero-order chi connectivity index (χ0) is 13.8. The second-order valence-corrected chi connectivity index (χ2v) is 5.26. The molecule has 0 N–H and O–H groups in total. The normalized spacial score (nSPS) is 13.9. The van der Waals surface area contributed by atoms with Crippen molar-refractivity contribution in [1.82, 2.24) is 4.98 Å². The number of aromatic nitrogens is 1. The highest BCUT2D eigenvalue weighted by molar-refractivity contribution is 6.31. The average molecular weight is 296 g/mol. The number of hydrogen-bond acceptors (Lipinski definition) is 2. The molecule has 0 bridgehead atoms. The summed E-state index contributed by atoms with van der Waals surface area (Å²) in [6, 6.07) is 9.43. The lowest BCUT2D eigenvalue weighted by Crippen LogP contribution is -2.04. The number of ether oxygens (including phenoxy) is 1. The molecule has 2 aromatic rings. The number of methoxy groups -OCH3 is 1. The molecule has 0 amide bonds. The highest BCUT2D eigenvalue weighted by atomic mass is 35.5. The van der Waals surface area contributed by atoms with Crippen molar-refractivity contribution in [3.8, 4) is 5.75 Å². The lowest BCUT2D eigenvalue weighted by atomic mass is 9.93. The summed E-state index contributed by atoms with van der Waals surface area (Å²) in [6.45, 7) is 2.08. The third-order valence-corrected chi connectivity index (χ3v) is 4.01. The van der Waals surface area contributed by atoms with Crippen LogP contribution >= 0.6 is 23.2 Å². The van der Waals surface area contributed by atoms with Crippen LogP contribution in [0.15, 0.2) is 42.7 Å². The molecule has 4 heteroatoms. The second-order valence-electron chi connectivity index (χ2n) is 4.36. The van der Waals surface area contributed by atoms with E-state index in [1.54, 1.807) is 25.6 Å². The van der Waals surface area contributed by atoms with E-state index in [1.165, 1.54) is 0 Å². The maximum Gasteiger partial charge on any atom is 0.123 e. The van der Waals surface area contributed by atoms with Gasteiger partial charge >= 0.3 is 0 Å². The van der Waals surface area contributed by atoms with Crippen LogP contribution in [0.4, 0.5) is 0 Å². The maximum atomic E-state index is 6.59. The largest absolute Gasteiger partial charge is 0.496 e. The summed E-state index contributed by atoms with van der Waals surface area (Å²) < 4.78 is 5.35. The highest BCUT2D eigenvalue weighted by Crippen LogP contribution is 2.41. The smallest absolute Gasteiger partial charge is 0.123 e. The molecule has 1 heterocycles. The van der Waals surface area contributed by atoms with E-state index in [4.69, 9.17) is 27.9 Å². The van der Waals surface area contributed by atoms with Crippen LogP contribution in [-0.2, 0) is 0 Å². The van der Waals surface area contributed by atoms with E-state index in [0.29, 0.717) is 5.02 Å². The molecule has 0 aliphatic heterocycles. The quantitative estimate of drug-likeness (QED) is 0.754. The van der Waals surface area contributed by atoms with Crippen LogP contribution in [0.3, 0.4) is 0 Å². The molecule has 1 aromatic heterocycles. The van der Waals surface area contributed by atoms with E-state index in [2.05, 4.69) is 11.9 Å². The first-order valence-electron chi connectivity index (χ1n) is 6.01.